The average Bonchev–Trinajstić information content (AvgIpc) is 2.70. The van der Waals surface area contributed by atoms with Gasteiger partial charge in [0.1, 0.15) is 23.8 Å². The molecule has 5 atom stereocenters. The van der Waals surface area contributed by atoms with E-state index < -0.39 is 34.8 Å². The third kappa shape index (κ3) is 4.67. The molecule has 0 bridgehead atoms. The Morgan fingerprint density at radius 2 is 1.64 bits per heavy atom. The Bertz CT molecular complexity index is 783. The Morgan fingerprint density at radius 3 is 2.29 bits per heavy atom. The van der Waals surface area contributed by atoms with E-state index in [-0.39, 0.29) is 6.61 Å². The smallest absolute Gasteiger partial charge is 0.173 e. The molecular weight excluding hydrogens is 383 g/mol. The van der Waals surface area contributed by atoms with E-state index >= 15 is 0 Å². The van der Waals surface area contributed by atoms with Crippen LogP contribution in [0, 0.1) is 5.82 Å². The van der Waals surface area contributed by atoms with Gasteiger partial charge in [-0.3, -0.25) is 0 Å². The van der Waals surface area contributed by atoms with Gasteiger partial charge in [-0.05, 0) is 35.7 Å². The lowest BCUT2D eigenvalue weighted by Gasteiger charge is -2.39. The molecule has 0 aromatic heterocycles. The normalized spacial score (nSPS) is 27.6. The van der Waals surface area contributed by atoms with E-state index in [1.165, 1.54) is 23.8 Å². The summed E-state index contributed by atoms with van der Waals surface area (Å²) in [5, 5.41) is 38.9. The SMILES string of the molecule is CCc1ccc(Cc2cc(F)ccc2O[C@@H]2S[C@H](CO)[C@@H](O)[C@H](O)[C@H]2O)cc1. The molecule has 0 amide bonds. The number of aryl methyl sites for hydroxylation is 1. The molecule has 152 valence electrons. The van der Waals surface area contributed by atoms with Gasteiger partial charge in [0, 0.05) is 12.0 Å². The van der Waals surface area contributed by atoms with E-state index in [0.29, 0.717) is 17.7 Å². The molecule has 1 heterocycles. The van der Waals surface area contributed by atoms with E-state index in [1.54, 1.807) is 0 Å². The van der Waals surface area contributed by atoms with E-state index in [4.69, 9.17) is 4.74 Å². The lowest BCUT2D eigenvalue weighted by molar-refractivity contribution is -0.0910. The van der Waals surface area contributed by atoms with E-state index in [9.17, 15) is 24.8 Å². The van der Waals surface area contributed by atoms with Gasteiger partial charge in [0.05, 0.1) is 18.0 Å². The molecule has 2 aromatic carbocycles. The summed E-state index contributed by atoms with van der Waals surface area (Å²) in [7, 11) is 0. The second-order valence-electron chi connectivity index (χ2n) is 6.91. The summed E-state index contributed by atoms with van der Waals surface area (Å²) in [4.78, 5) is 0. The van der Waals surface area contributed by atoms with Crippen LogP contribution in [0.25, 0.3) is 0 Å². The molecule has 0 spiro atoms. The minimum absolute atomic E-state index is 0.366. The van der Waals surface area contributed by atoms with E-state index in [0.717, 1.165) is 23.7 Å². The number of rotatable bonds is 6. The Morgan fingerprint density at radius 1 is 0.964 bits per heavy atom. The van der Waals surface area contributed by atoms with Gasteiger partial charge in [-0.25, -0.2) is 4.39 Å². The lowest BCUT2D eigenvalue weighted by atomic mass is 10.0. The van der Waals surface area contributed by atoms with Crippen LogP contribution in [0.1, 0.15) is 23.6 Å². The highest BCUT2D eigenvalue weighted by Crippen LogP contribution is 2.35. The number of thioether (sulfide) groups is 1. The summed E-state index contributed by atoms with van der Waals surface area (Å²) in [6, 6.07) is 12.2. The fourth-order valence-electron chi connectivity index (χ4n) is 3.20. The maximum atomic E-state index is 13.8. The first-order valence-corrected chi connectivity index (χ1v) is 10.2. The molecule has 5 nitrogen and oxygen atoms in total. The summed E-state index contributed by atoms with van der Waals surface area (Å²) < 4.78 is 19.7. The Kier molecular flexibility index (Phi) is 6.95. The molecule has 1 saturated heterocycles. The summed E-state index contributed by atoms with van der Waals surface area (Å²) in [5.74, 6) is -0.00846. The minimum atomic E-state index is -1.44. The van der Waals surface area contributed by atoms with Crippen molar-refractivity contribution in [1.29, 1.82) is 0 Å². The van der Waals surface area contributed by atoms with Crippen LogP contribution < -0.4 is 4.74 Å². The topological polar surface area (TPSA) is 90.2 Å². The highest BCUT2D eigenvalue weighted by atomic mass is 32.2. The number of aliphatic hydroxyl groups is 4. The lowest BCUT2D eigenvalue weighted by Crippen LogP contribution is -2.55. The molecule has 0 radical (unpaired) electrons. The molecule has 28 heavy (non-hydrogen) atoms. The van der Waals surface area contributed by atoms with Gasteiger partial charge >= 0.3 is 0 Å². The second-order valence-corrected chi connectivity index (χ2v) is 8.26. The molecule has 0 saturated carbocycles. The van der Waals surface area contributed by atoms with Gasteiger partial charge in [0.2, 0.25) is 0 Å². The van der Waals surface area contributed by atoms with E-state index in [1.807, 2.05) is 24.3 Å². The number of ether oxygens (including phenoxy) is 1. The summed E-state index contributed by atoms with van der Waals surface area (Å²) >= 11 is 1.04. The van der Waals surface area contributed by atoms with Crippen molar-refractivity contribution < 1.29 is 29.6 Å². The third-order valence-corrected chi connectivity index (χ3v) is 6.36. The van der Waals surface area contributed by atoms with Gasteiger partial charge in [0.15, 0.2) is 5.44 Å². The average molecular weight is 408 g/mol. The maximum absolute atomic E-state index is 13.8. The predicted molar refractivity (Wildman–Crippen MR) is 106 cm³/mol. The van der Waals surface area contributed by atoms with E-state index in [2.05, 4.69) is 6.92 Å². The maximum Gasteiger partial charge on any atom is 0.173 e. The first-order valence-electron chi connectivity index (χ1n) is 9.26. The van der Waals surface area contributed by atoms with Gasteiger partial charge in [-0.2, -0.15) is 0 Å². The van der Waals surface area contributed by atoms with Crippen LogP contribution in [0.15, 0.2) is 42.5 Å². The van der Waals surface area contributed by atoms with Crippen LogP contribution >= 0.6 is 11.8 Å². The van der Waals surface area contributed by atoms with Crippen LogP contribution in [0.3, 0.4) is 0 Å². The molecule has 1 aliphatic rings. The highest BCUT2D eigenvalue weighted by molar-refractivity contribution is 8.00. The van der Waals surface area contributed by atoms with Crippen LogP contribution in [0.5, 0.6) is 5.75 Å². The zero-order valence-electron chi connectivity index (χ0n) is 15.5. The first kappa shape index (κ1) is 21.1. The van der Waals surface area contributed by atoms with Crippen molar-refractivity contribution in [2.45, 2.75) is 48.8 Å². The second kappa shape index (κ2) is 9.24. The van der Waals surface area contributed by atoms with Crippen LogP contribution in [-0.2, 0) is 12.8 Å². The largest absolute Gasteiger partial charge is 0.477 e. The summed E-state index contributed by atoms with van der Waals surface area (Å²) in [6.45, 7) is 1.71. The molecular formula is C21H25FO5S. The Balaban J connectivity index is 1.81. The fraction of sp³-hybridized carbons (Fsp3) is 0.429. The first-order chi connectivity index (χ1) is 13.4. The molecule has 0 aliphatic carbocycles. The Labute approximate surface area is 167 Å². The molecule has 2 aromatic rings. The van der Waals surface area contributed by atoms with Crippen molar-refractivity contribution in [3.63, 3.8) is 0 Å². The minimum Gasteiger partial charge on any atom is -0.477 e. The van der Waals surface area contributed by atoms with Gasteiger partial charge in [-0.1, -0.05) is 31.2 Å². The van der Waals surface area contributed by atoms with Crippen molar-refractivity contribution >= 4 is 11.8 Å². The third-order valence-electron chi connectivity index (χ3n) is 4.94. The molecule has 1 aliphatic heterocycles. The zero-order valence-corrected chi connectivity index (χ0v) is 16.3. The monoisotopic (exact) mass is 408 g/mol. The standard InChI is InChI=1S/C21H25FO5S/c1-2-12-3-5-13(6-4-12)9-14-10-15(22)7-8-16(14)27-21-20(26)19(25)18(24)17(11-23)28-21/h3-8,10,17-21,23-26H,2,9,11H2,1H3/t17-,18-,19+,20-,21-/m1/s1. The molecule has 7 heteroatoms. The van der Waals surface area contributed by atoms with Crippen molar-refractivity contribution in [2.75, 3.05) is 6.61 Å². The van der Waals surface area contributed by atoms with Crippen molar-refractivity contribution in [2.24, 2.45) is 0 Å². The predicted octanol–water partition coefficient (Wildman–Crippen LogP) is 1.87. The van der Waals surface area contributed by atoms with Gasteiger partial charge in [0.25, 0.3) is 0 Å². The van der Waals surface area contributed by atoms with Crippen LogP contribution in [0.4, 0.5) is 4.39 Å². The number of hydrogen-bond donors (Lipinski definition) is 4. The number of aliphatic hydroxyl groups excluding tert-OH is 4. The van der Waals surface area contributed by atoms with Crippen LogP contribution in [0.2, 0.25) is 0 Å². The van der Waals surface area contributed by atoms with Gasteiger partial charge < -0.3 is 25.2 Å². The van der Waals surface area contributed by atoms with Crippen molar-refractivity contribution in [3.8, 4) is 5.75 Å². The summed E-state index contributed by atoms with van der Waals surface area (Å²) in [6.07, 6.45) is -2.65. The van der Waals surface area contributed by atoms with Crippen molar-refractivity contribution in [1.82, 2.24) is 0 Å². The van der Waals surface area contributed by atoms with Crippen molar-refractivity contribution in [3.05, 3.63) is 65.0 Å². The quantitative estimate of drug-likeness (QED) is 0.584. The molecule has 0 unspecified atom stereocenters. The summed E-state index contributed by atoms with van der Waals surface area (Å²) in [5.41, 5.74) is 1.91. The number of benzene rings is 2. The number of halogens is 1. The molecule has 1 fully saturated rings. The Hall–Kier alpha value is -1.64. The fourth-order valence-corrected chi connectivity index (χ4v) is 4.44. The zero-order chi connectivity index (χ0) is 20.3. The number of hydrogen-bond acceptors (Lipinski definition) is 6. The highest BCUT2D eigenvalue weighted by Gasteiger charge is 2.44. The van der Waals surface area contributed by atoms with Crippen LogP contribution in [-0.4, -0.2) is 56.0 Å². The van der Waals surface area contributed by atoms with Gasteiger partial charge in [-0.15, -0.1) is 11.8 Å². The molecule has 3 rings (SSSR count). The molecule has 4 N–H and O–H groups in total.